The van der Waals surface area contributed by atoms with E-state index in [9.17, 15) is 9.18 Å². The fourth-order valence-electron chi connectivity index (χ4n) is 2.34. The first-order valence-electron chi connectivity index (χ1n) is 7.18. The molecule has 0 aromatic heterocycles. The van der Waals surface area contributed by atoms with E-state index in [0.29, 0.717) is 12.2 Å². The van der Waals surface area contributed by atoms with Crippen LogP contribution in [0.1, 0.15) is 32.1 Å². The molecule has 1 aromatic rings. The van der Waals surface area contributed by atoms with Gasteiger partial charge in [-0.05, 0) is 50.3 Å². The molecule has 0 saturated carbocycles. The molecular weight excluding hydrogens is 255 g/mol. The molecular formula is C16H21FN2O. The second kappa shape index (κ2) is 7.68. The van der Waals surface area contributed by atoms with Gasteiger partial charge < -0.3 is 10.6 Å². The van der Waals surface area contributed by atoms with Crippen molar-refractivity contribution in [3.63, 3.8) is 0 Å². The SMILES string of the molecule is O=C(CNc1cccc(F)c1)NCCC1=CCCCC1. The van der Waals surface area contributed by atoms with Crippen LogP contribution in [0.2, 0.25) is 0 Å². The molecule has 1 aliphatic rings. The van der Waals surface area contributed by atoms with Crippen molar-refractivity contribution in [2.45, 2.75) is 32.1 Å². The third-order valence-electron chi connectivity index (χ3n) is 3.43. The number of anilines is 1. The highest BCUT2D eigenvalue weighted by molar-refractivity contribution is 5.80. The van der Waals surface area contributed by atoms with Crippen molar-refractivity contribution < 1.29 is 9.18 Å². The highest BCUT2D eigenvalue weighted by atomic mass is 19.1. The van der Waals surface area contributed by atoms with Gasteiger partial charge in [-0.1, -0.05) is 17.7 Å². The minimum Gasteiger partial charge on any atom is -0.376 e. The zero-order valence-corrected chi connectivity index (χ0v) is 11.6. The summed E-state index contributed by atoms with van der Waals surface area (Å²) in [7, 11) is 0. The van der Waals surface area contributed by atoms with Crippen molar-refractivity contribution in [1.82, 2.24) is 5.32 Å². The van der Waals surface area contributed by atoms with Crippen molar-refractivity contribution >= 4 is 11.6 Å². The Hall–Kier alpha value is -1.84. The van der Waals surface area contributed by atoms with Crippen LogP contribution in [0.4, 0.5) is 10.1 Å². The molecule has 0 aliphatic heterocycles. The number of halogens is 1. The molecule has 108 valence electrons. The van der Waals surface area contributed by atoms with E-state index in [1.165, 1.54) is 37.0 Å². The van der Waals surface area contributed by atoms with Crippen LogP contribution in [0.25, 0.3) is 0 Å². The molecule has 0 unspecified atom stereocenters. The van der Waals surface area contributed by atoms with Gasteiger partial charge in [0.15, 0.2) is 0 Å². The van der Waals surface area contributed by atoms with Crippen LogP contribution in [-0.2, 0) is 4.79 Å². The van der Waals surface area contributed by atoms with Crippen LogP contribution in [0, 0.1) is 5.82 Å². The second-order valence-electron chi connectivity index (χ2n) is 5.07. The normalized spacial score (nSPS) is 14.6. The zero-order valence-electron chi connectivity index (χ0n) is 11.6. The second-order valence-corrected chi connectivity index (χ2v) is 5.07. The van der Waals surface area contributed by atoms with Crippen LogP contribution >= 0.6 is 0 Å². The van der Waals surface area contributed by atoms with Crippen molar-refractivity contribution in [3.8, 4) is 0 Å². The maximum Gasteiger partial charge on any atom is 0.239 e. The van der Waals surface area contributed by atoms with Gasteiger partial charge in [-0.3, -0.25) is 4.79 Å². The van der Waals surface area contributed by atoms with E-state index in [4.69, 9.17) is 0 Å². The number of hydrogen-bond acceptors (Lipinski definition) is 2. The molecule has 20 heavy (non-hydrogen) atoms. The van der Waals surface area contributed by atoms with E-state index in [1.54, 1.807) is 12.1 Å². The summed E-state index contributed by atoms with van der Waals surface area (Å²) >= 11 is 0. The average molecular weight is 276 g/mol. The first-order chi connectivity index (χ1) is 9.74. The van der Waals surface area contributed by atoms with Gasteiger partial charge in [-0.15, -0.1) is 0 Å². The Labute approximate surface area is 119 Å². The third kappa shape index (κ3) is 5.03. The fraction of sp³-hybridized carbons (Fsp3) is 0.438. The Bertz CT molecular complexity index is 485. The van der Waals surface area contributed by atoms with Gasteiger partial charge in [0.1, 0.15) is 5.82 Å². The van der Waals surface area contributed by atoms with E-state index in [1.807, 2.05) is 0 Å². The molecule has 0 heterocycles. The average Bonchev–Trinajstić information content (AvgIpc) is 2.46. The lowest BCUT2D eigenvalue weighted by Crippen LogP contribution is -2.30. The summed E-state index contributed by atoms with van der Waals surface area (Å²) in [5.41, 5.74) is 2.07. The highest BCUT2D eigenvalue weighted by Gasteiger charge is 2.05. The first kappa shape index (κ1) is 14.6. The summed E-state index contributed by atoms with van der Waals surface area (Å²) in [6.07, 6.45) is 8.11. The molecule has 1 amide bonds. The van der Waals surface area contributed by atoms with Crippen LogP contribution < -0.4 is 10.6 Å². The molecule has 0 radical (unpaired) electrons. The molecule has 4 heteroatoms. The Morgan fingerprint density at radius 2 is 2.20 bits per heavy atom. The quantitative estimate of drug-likeness (QED) is 0.783. The van der Waals surface area contributed by atoms with E-state index in [0.717, 1.165) is 12.8 Å². The number of amides is 1. The van der Waals surface area contributed by atoms with Crippen LogP contribution in [-0.4, -0.2) is 19.0 Å². The lowest BCUT2D eigenvalue weighted by atomic mass is 9.97. The molecule has 0 saturated heterocycles. The topological polar surface area (TPSA) is 41.1 Å². The van der Waals surface area contributed by atoms with Gasteiger partial charge in [0.05, 0.1) is 6.54 Å². The van der Waals surface area contributed by atoms with Gasteiger partial charge in [-0.25, -0.2) is 4.39 Å². The number of carbonyl (C=O) groups excluding carboxylic acids is 1. The molecule has 1 aromatic carbocycles. The minimum atomic E-state index is -0.306. The maximum absolute atomic E-state index is 13.0. The molecule has 2 rings (SSSR count). The largest absolute Gasteiger partial charge is 0.376 e. The predicted molar refractivity (Wildman–Crippen MR) is 79.1 cm³/mol. The summed E-state index contributed by atoms with van der Waals surface area (Å²) in [6.45, 7) is 0.845. The number of rotatable bonds is 6. The van der Waals surface area contributed by atoms with Gasteiger partial charge in [0.25, 0.3) is 0 Å². The summed E-state index contributed by atoms with van der Waals surface area (Å²) < 4.78 is 13.0. The lowest BCUT2D eigenvalue weighted by Gasteiger charge is -2.13. The standard InChI is InChI=1S/C16H21FN2O/c17-14-7-4-8-15(11-14)19-12-16(20)18-10-9-13-5-2-1-3-6-13/h4-5,7-8,11,19H,1-3,6,9-10,12H2,(H,18,20). The van der Waals surface area contributed by atoms with Crippen molar-refractivity contribution in [2.24, 2.45) is 0 Å². The Kier molecular flexibility index (Phi) is 5.59. The summed E-state index contributed by atoms with van der Waals surface area (Å²) in [5.74, 6) is -0.370. The molecule has 0 bridgehead atoms. The summed E-state index contributed by atoms with van der Waals surface area (Å²) in [5, 5.41) is 5.79. The Morgan fingerprint density at radius 3 is 2.95 bits per heavy atom. The number of nitrogens with one attached hydrogen (secondary N) is 2. The van der Waals surface area contributed by atoms with Crippen LogP contribution in [0.15, 0.2) is 35.9 Å². The van der Waals surface area contributed by atoms with Gasteiger partial charge >= 0.3 is 0 Å². The first-order valence-corrected chi connectivity index (χ1v) is 7.18. The van der Waals surface area contributed by atoms with Gasteiger partial charge in [-0.2, -0.15) is 0 Å². The van der Waals surface area contributed by atoms with E-state index < -0.39 is 0 Å². The minimum absolute atomic E-state index is 0.0642. The number of allylic oxidation sites excluding steroid dienone is 1. The number of benzene rings is 1. The van der Waals surface area contributed by atoms with Crippen molar-refractivity contribution in [3.05, 3.63) is 41.7 Å². The molecule has 3 nitrogen and oxygen atoms in total. The lowest BCUT2D eigenvalue weighted by molar-refractivity contribution is -0.119. The van der Waals surface area contributed by atoms with Gasteiger partial charge in [0, 0.05) is 12.2 Å². The fourth-order valence-corrected chi connectivity index (χ4v) is 2.34. The predicted octanol–water partition coefficient (Wildman–Crippen LogP) is 3.24. The van der Waals surface area contributed by atoms with E-state index in [-0.39, 0.29) is 18.3 Å². The summed E-state index contributed by atoms with van der Waals surface area (Å²) in [4.78, 5) is 11.7. The van der Waals surface area contributed by atoms with Crippen LogP contribution in [0.3, 0.4) is 0 Å². The van der Waals surface area contributed by atoms with E-state index in [2.05, 4.69) is 16.7 Å². The third-order valence-corrected chi connectivity index (χ3v) is 3.43. The summed E-state index contributed by atoms with van der Waals surface area (Å²) in [6, 6.07) is 6.11. The van der Waals surface area contributed by atoms with Gasteiger partial charge in [0.2, 0.25) is 5.91 Å². The van der Waals surface area contributed by atoms with Crippen molar-refractivity contribution in [2.75, 3.05) is 18.4 Å². The Balaban J connectivity index is 1.64. The zero-order chi connectivity index (χ0) is 14.2. The maximum atomic E-state index is 13.0. The Morgan fingerprint density at radius 1 is 1.30 bits per heavy atom. The van der Waals surface area contributed by atoms with Crippen molar-refractivity contribution in [1.29, 1.82) is 0 Å². The molecule has 1 aliphatic carbocycles. The number of carbonyl (C=O) groups is 1. The molecule has 2 N–H and O–H groups in total. The van der Waals surface area contributed by atoms with Crippen LogP contribution in [0.5, 0.6) is 0 Å². The highest BCUT2D eigenvalue weighted by Crippen LogP contribution is 2.19. The monoisotopic (exact) mass is 276 g/mol. The molecule has 0 atom stereocenters. The van der Waals surface area contributed by atoms with E-state index >= 15 is 0 Å². The molecule has 0 fully saturated rings. The number of hydrogen-bond donors (Lipinski definition) is 2. The molecule has 0 spiro atoms. The smallest absolute Gasteiger partial charge is 0.239 e.